The Labute approximate surface area is 136 Å². The molecule has 0 heterocycles. The van der Waals surface area contributed by atoms with Crippen molar-refractivity contribution in [2.45, 2.75) is 19.4 Å². The molecule has 106 valence electrons. The molecule has 1 N–H and O–H groups in total. The first kappa shape index (κ1) is 15.6. The molecule has 0 amide bonds. The van der Waals surface area contributed by atoms with Crippen LogP contribution in [-0.2, 0) is 0 Å². The van der Waals surface area contributed by atoms with Crippen molar-refractivity contribution in [3.8, 4) is 11.5 Å². The van der Waals surface area contributed by atoms with E-state index in [1.807, 2.05) is 19.1 Å². The molecule has 1 atom stereocenters. The Morgan fingerprint density at radius 3 is 2.40 bits per heavy atom. The summed E-state index contributed by atoms with van der Waals surface area (Å²) in [6.45, 7) is 1.93. The summed E-state index contributed by atoms with van der Waals surface area (Å²) >= 11 is 15.4. The van der Waals surface area contributed by atoms with E-state index >= 15 is 0 Å². The zero-order valence-corrected chi connectivity index (χ0v) is 13.8. The molecule has 1 unspecified atom stereocenters. The maximum absolute atomic E-state index is 9.74. The minimum Gasteiger partial charge on any atom is -0.456 e. The van der Waals surface area contributed by atoms with Crippen LogP contribution in [0.3, 0.4) is 0 Å². The van der Waals surface area contributed by atoms with E-state index in [9.17, 15) is 5.11 Å². The van der Waals surface area contributed by atoms with Gasteiger partial charge in [0, 0.05) is 10.5 Å². The lowest BCUT2D eigenvalue weighted by molar-refractivity contribution is 0.173. The summed E-state index contributed by atoms with van der Waals surface area (Å²) in [5.41, 5.74) is 0.861. The standard InChI is InChI=1S/C15H13BrCl2O2/c1-2-14(19)9-3-5-10(6-4-9)20-15-8-12(17)11(16)7-13(15)18/h3-8,14,19H,2H2,1H3. The van der Waals surface area contributed by atoms with E-state index in [0.717, 1.165) is 10.0 Å². The third-order valence-electron chi connectivity index (χ3n) is 2.85. The van der Waals surface area contributed by atoms with Crippen molar-refractivity contribution < 1.29 is 9.84 Å². The van der Waals surface area contributed by atoms with Crippen molar-refractivity contribution in [3.63, 3.8) is 0 Å². The molecular formula is C15H13BrCl2O2. The van der Waals surface area contributed by atoms with Gasteiger partial charge < -0.3 is 9.84 Å². The lowest BCUT2D eigenvalue weighted by Gasteiger charge is -2.11. The quantitative estimate of drug-likeness (QED) is 0.664. The molecule has 0 aromatic heterocycles. The predicted molar refractivity (Wildman–Crippen MR) is 85.9 cm³/mol. The fraction of sp³-hybridized carbons (Fsp3) is 0.200. The molecule has 2 aromatic carbocycles. The highest BCUT2D eigenvalue weighted by molar-refractivity contribution is 9.10. The number of benzene rings is 2. The molecule has 0 aliphatic heterocycles. The highest BCUT2D eigenvalue weighted by Gasteiger charge is 2.09. The van der Waals surface area contributed by atoms with Gasteiger partial charge >= 0.3 is 0 Å². The van der Waals surface area contributed by atoms with Crippen LogP contribution >= 0.6 is 39.1 Å². The molecule has 5 heteroatoms. The zero-order chi connectivity index (χ0) is 14.7. The Kier molecular flexibility index (Phi) is 5.33. The van der Waals surface area contributed by atoms with Crippen LogP contribution in [0, 0.1) is 0 Å². The monoisotopic (exact) mass is 374 g/mol. The maximum Gasteiger partial charge on any atom is 0.147 e. The minimum absolute atomic E-state index is 0.449. The number of rotatable bonds is 4. The van der Waals surface area contributed by atoms with Crippen molar-refractivity contribution in [2.24, 2.45) is 0 Å². The third-order valence-corrected chi connectivity index (χ3v) is 4.35. The lowest BCUT2D eigenvalue weighted by atomic mass is 10.1. The molecule has 20 heavy (non-hydrogen) atoms. The van der Waals surface area contributed by atoms with Crippen LogP contribution < -0.4 is 4.74 Å². The molecule has 0 aliphatic carbocycles. The van der Waals surface area contributed by atoms with Gasteiger partial charge in [-0.3, -0.25) is 0 Å². The normalized spacial score (nSPS) is 12.2. The summed E-state index contributed by atoms with van der Waals surface area (Å²) in [6, 6.07) is 10.6. The number of hydrogen-bond donors (Lipinski definition) is 1. The second-order valence-corrected chi connectivity index (χ2v) is 5.96. The van der Waals surface area contributed by atoms with Crippen molar-refractivity contribution in [1.29, 1.82) is 0 Å². The van der Waals surface area contributed by atoms with E-state index in [0.29, 0.717) is 28.0 Å². The van der Waals surface area contributed by atoms with Gasteiger partial charge in [-0.15, -0.1) is 0 Å². The first-order valence-corrected chi connectivity index (χ1v) is 7.66. The van der Waals surface area contributed by atoms with Crippen molar-refractivity contribution in [1.82, 2.24) is 0 Å². The van der Waals surface area contributed by atoms with Crippen molar-refractivity contribution in [3.05, 3.63) is 56.5 Å². The van der Waals surface area contributed by atoms with Crippen molar-refractivity contribution >= 4 is 39.1 Å². The van der Waals surface area contributed by atoms with E-state index in [4.69, 9.17) is 27.9 Å². The fourth-order valence-electron chi connectivity index (χ4n) is 1.70. The number of ether oxygens (including phenoxy) is 1. The summed E-state index contributed by atoms with van der Waals surface area (Å²) in [5.74, 6) is 1.13. The fourth-order valence-corrected chi connectivity index (χ4v) is 2.53. The van der Waals surface area contributed by atoms with Crippen LogP contribution in [0.5, 0.6) is 11.5 Å². The Balaban J connectivity index is 2.20. The van der Waals surface area contributed by atoms with Gasteiger partial charge in [0.2, 0.25) is 0 Å². The third kappa shape index (κ3) is 3.67. The van der Waals surface area contributed by atoms with Gasteiger partial charge in [0.15, 0.2) is 0 Å². The molecule has 2 aromatic rings. The summed E-state index contributed by atoms with van der Waals surface area (Å²) < 4.78 is 6.41. The molecule has 0 aliphatic rings. The van der Waals surface area contributed by atoms with E-state index in [1.54, 1.807) is 24.3 Å². The van der Waals surface area contributed by atoms with Crippen LogP contribution in [0.2, 0.25) is 10.0 Å². The Morgan fingerprint density at radius 2 is 1.80 bits per heavy atom. The zero-order valence-electron chi connectivity index (χ0n) is 10.7. The Bertz CT molecular complexity index is 600. The van der Waals surface area contributed by atoms with Crippen LogP contribution in [0.1, 0.15) is 25.0 Å². The number of halogens is 3. The van der Waals surface area contributed by atoms with E-state index in [2.05, 4.69) is 15.9 Å². The van der Waals surface area contributed by atoms with Crippen LogP contribution in [0.4, 0.5) is 0 Å². The van der Waals surface area contributed by atoms with Gasteiger partial charge in [-0.1, -0.05) is 42.3 Å². The maximum atomic E-state index is 9.74. The van der Waals surface area contributed by atoms with Gasteiger partial charge in [0.05, 0.1) is 16.1 Å². The second-order valence-electron chi connectivity index (χ2n) is 4.29. The smallest absolute Gasteiger partial charge is 0.147 e. The van der Waals surface area contributed by atoms with Gasteiger partial charge in [-0.2, -0.15) is 0 Å². The molecular weight excluding hydrogens is 363 g/mol. The van der Waals surface area contributed by atoms with E-state index in [1.165, 1.54) is 0 Å². The molecule has 2 nitrogen and oxygen atoms in total. The summed E-state index contributed by atoms with van der Waals surface area (Å²) in [5, 5.41) is 10.7. The molecule has 0 bridgehead atoms. The van der Waals surface area contributed by atoms with Gasteiger partial charge in [-0.05, 0) is 46.1 Å². The summed E-state index contributed by atoms with van der Waals surface area (Å²) in [7, 11) is 0. The number of aliphatic hydroxyl groups excluding tert-OH is 1. The Hall–Kier alpha value is -0.740. The lowest BCUT2D eigenvalue weighted by Crippen LogP contribution is -1.94. The average molecular weight is 376 g/mol. The van der Waals surface area contributed by atoms with Crippen molar-refractivity contribution in [2.75, 3.05) is 0 Å². The highest BCUT2D eigenvalue weighted by Crippen LogP contribution is 2.36. The average Bonchev–Trinajstić information content (AvgIpc) is 2.44. The summed E-state index contributed by atoms with van der Waals surface area (Å²) in [6.07, 6.45) is 0.226. The molecule has 0 saturated carbocycles. The van der Waals surface area contributed by atoms with Gasteiger partial charge in [0.1, 0.15) is 11.5 Å². The molecule has 0 saturated heterocycles. The van der Waals surface area contributed by atoms with Crippen LogP contribution in [0.15, 0.2) is 40.9 Å². The number of aliphatic hydroxyl groups is 1. The molecule has 0 radical (unpaired) electrons. The first-order chi connectivity index (χ1) is 9.51. The first-order valence-electron chi connectivity index (χ1n) is 6.11. The van der Waals surface area contributed by atoms with Gasteiger partial charge in [0.25, 0.3) is 0 Å². The highest BCUT2D eigenvalue weighted by atomic mass is 79.9. The molecule has 2 rings (SSSR count). The van der Waals surface area contributed by atoms with E-state index < -0.39 is 6.10 Å². The predicted octanol–water partition coefficient (Wildman–Crippen LogP) is 5.99. The van der Waals surface area contributed by atoms with Gasteiger partial charge in [-0.25, -0.2) is 0 Å². The summed E-state index contributed by atoms with van der Waals surface area (Å²) in [4.78, 5) is 0. The van der Waals surface area contributed by atoms with Crippen LogP contribution in [0.25, 0.3) is 0 Å². The molecule has 0 fully saturated rings. The second kappa shape index (κ2) is 6.81. The van der Waals surface area contributed by atoms with Crippen LogP contribution in [-0.4, -0.2) is 5.11 Å². The topological polar surface area (TPSA) is 29.5 Å². The Morgan fingerprint density at radius 1 is 1.15 bits per heavy atom. The number of hydrogen-bond acceptors (Lipinski definition) is 2. The minimum atomic E-state index is -0.449. The SMILES string of the molecule is CCC(O)c1ccc(Oc2cc(Cl)c(Br)cc2Cl)cc1. The largest absolute Gasteiger partial charge is 0.456 e. The van der Waals surface area contributed by atoms with E-state index in [-0.39, 0.29) is 0 Å². The molecule has 0 spiro atoms.